The van der Waals surface area contributed by atoms with Crippen molar-refractivity contribution in [1.82, 2.24) is 9.13 Å². The Bertz CT molecular complexity index is 1450. The van der Waals surface area contributed by atoms with Crippen molar-refractivity contribution < 1.29 is 41.0 Å². The van der Waals surface area contributed by atoms with Crippen LogP contribution in [0, 0.1) is 4.01 Å². The van der Waals surface area contributed by atoms with Crippen molar-refractivity contribution >= 4 is 32.3 Å². The SMILES string of the molecule is CC(c1ccccc1)n1ccn(C(C)c2ccccc2)[c]1=[Ru+2]=[CH]c1ccccc1.PC1CCCCC1.PC1CCCCC1.PC1CCCCC1.[Cl-].[Cl-]. The molecule has 3 saturated carbocycles. The molecular weight excluding hydrogens is 821 g/mol. The molecule has 3 aromatic carbocycles. The third kappa shape index (κ3) is 17.4. The van der Waals surface area contributed by atoms with Crippen LogP contribution in [0.1, 0.15) is 139 Å². The minimum absolute atomic E-state index is 0. The van der Waals surface area contributed by atoms with Gasteiger partial charge < -0.3 is 24.8 Å². The molecule has 0 spiro atoms. The van der Waals surface area contributed by atoms with Crippen molar-refractivity contribution in [3.05, 3.63) is 124 Å². The van der Waals surface area contributed by atoms with Gasteiger partial charge in [-0.3, -0.25) is 0 Å². The number of imidazole rings is 1. The normalized spacial score (nSPS) is 17.4. The van der Waals surface area contributed by atoms with Crippen molar-refractivity contribution in [3.8, 4) is 0 Å². The molecule has 8 heteroatoms. The van der Waals surface area contributed by atoms with Gasteiger partial charge in [-0.25, -0.2) is 0 Å². The van der Waals surface area contributed by atoms with E-state index >= 15 is 0 Å². The molecular formula is C44H65Cl2N2P3Ru. The van der Waals surface area contributed by atoms with Gasteiger partial charge in [-0.15, -0.1) is 27.7 Å². The predicted octanol–water partition coefficient (Wildman–Crippen LogP) is 6.56. The molecule has 3 aliphatic carbocycles. The van der Waals surface area contributed by atoms with Crippen LogP contribution in [0.15, 0.2) is 103 Å². The van der Waals surface area contributed by atoms with Gasteiger partial charge in [-0.2, -0.15) is 0 Å². The number of hydrogen-bond donors (Lipinski definition) is 0. The van der Waals surface area contributed by atoms with E-state index in [1.807, 2.05) is 0 Å². The van der Waals surface area contributed by atoms with E-state index in [4.69, 9.17) is 0 Å². The van der Waals surface area contributed by atoms with Crippen LogP contribution in [-0.4, -0.2) is 30.7 Å². The first-order valence-electron chi connectivity index (χ1n) is 19.4. The molecule has 288 valence electrons. The minimum Gasteiger partial charge on any atom is -1.00 e. The maximum atomic E-state index is 2.91. The van der Waals surface area contributed by atoms with E-state index < -0.39 is 0 Å². The maximum Gasteiger partial charge on any atom is -0.0264 e. The summed E-state index contributed by atoms with van der Waals surface area (Å²) in [5.74, 6) is 0. The van der Waals surface area contributed by atoms with Gasteiger partial charge >= 0.3 is 180 Å². The number of aromatic nitrogens is 2. The molecule has 1 heterocycles. The van der Waals surface area contributed by atoms with Crippen molar-refractivity contribution in [2.24, 2.45) is 0 Å². The van der Waals surface area contributed by atoms with Crippen LogP contribution in [0.25, 0.3) is 0 Å². The van der Waals surface area contributed by atoms with Gasteiger partial charge in [0.05, 0.1) is 0 Å². The van der Waals surface area contributed by atoms with E-state index in [1.165, 1.54) is 117 Å². The number of nitrogens with zero attached hydrogens (tertiary/aromatic N) is 2. The van der Waals surface area contributed by atoms with E-state index in [1.54, 1.807) is 0 Å². The molecule has 3 fully saturated rings. The van der Waals surface area contributed by atoms with Crippen LogP contribution >= 0.6 is 27.7 Å². The Morgan fingerprint density at radius 3 is 1.10 bits per heavy atom. The first-order chi connectivity index (χ1) is 24.4. The third-order valence-corrected chi connectivity index (χ3v) is 14.4. The van der Waals surface area contributed by atoms with Gasteiger partial charge in [0.1, 0.15) is 0 Å². The Labute approximate surface area is 343 Å². The van der Waals surface area contributed by atoms with Gasteiger partial charge in [0, 0.05) is 0 Å². The molecule has 4 aromatic rings. The van der Waals surface area contributed by atoms with Crippen LogP contribution in [-0.2, 0) is 16.2 Å². The summed E-state index contributed by atoms with van der Waals surface area (Å²) in [5.41, 5.74) is 6.83. The molecule has 0 amide bonds. The number of hydrogen-bond acceptors (Lipinski definition) is 0. The van der Waals surface area contributed by atoms with Crippen LogP contribution in [0.3, 0.4) is 0 Å². The quantitative estimate of drug-likeness (QED) is 0.159. The first kappa shape index (κ1) is 47.4. The summed E-state index contributed by atoms with van der Waals surface area (Å²) < 4.78 is 8.71. The zero-order valence-corrected chi connectivity index (χ0v) is 38.3. The second-order valence-corrected chi connectivity index (χ2v) is 19.0. The summed E-state index contributed by atoms with van der Waals surface area (Å²) in [5, 5.41) is 0. The zero-order chi connectivity index (χ0) is 35.4. The van der Waals surface area contributed by atoms with Gasteiger partial charge in [-0.05, 0) is 55.5 Å². The maximum absolute atomic E-state index is 2.91. The molecule has 0 saturated heterocycles. The molecule has 0 N–H and O–H groups in total. The summed E-state index contributed by atoms with van der Waals surface area (Å²) >= 11 is -0.0917. The molecule has 0 radical (unpaired) electrons. The standard InChI is InChI=1S/C19H20N2.C7H6.3C6H13P.2ClH.Ru/c1-16(18-9-5-3-6-10-18)20-13-14-21(15-20)17(2)19-11-7-4-8-12-19;1-7-5-3-2-4-6-7;3*7-6-4-2-1-3-5-6;;;/h3-14,16-17H,1-2H3;1-6H;3*6H,1-5,7H2;2*1H;/q;;;;;;;+2/p-2. The van der Waals surface area contributed by atoms with E-state index in [9.17, 15) is 0 Å². The fourth-order valence-corrected chi connectivity index (χ4v) is 10.6. The Kier molecular flexibility index (Phi) is 25.3. The third-order valence-electron chi connectivity index (χ3n) is 10.2. The Morgan fingerprint density at radius 2 is 0.808 bits per heavy atom. The minimum atomic E-state index is -0.0917. The van der Waals surface area contributed by atoms with E-state index in [-0.39, 0.29) is 41.0 Å². The Balaban J connectivity index is 0.000000328. The average Bonchev–Trinajstić information content (AvgIpc) is 3.60. The van der Waals surface area contributed by atoms with Gasteiger partial charge in [-0.1, -0.05) is 57.8 Å². The molecule has 2 nitrogen and oxygen atoms in total. The first-order valence-corrected chi connectivity index (χ1v) is 23.3. The monoisotopic (exact) mass is 886 g/mol. The predicted molar refractivity (Wildman–Crippen MR) is 228 cm³/mol. The Hall–Kier alpha value is -0.767. The van der Waals surface area contributed by atoms with Crippen LogP contribution < -0.4 is 24.8 Å². The molecule has 5 atom stereocenters. The summed E-state index contributed by atoms with van der Waals surface area (Å²) in [7, 11) is 8.72. The zero-order valence-electron chi connectivity index (χ0n) is 31.6. The van der Waals surface area contributed by atoms with E-state index in [2.05, 4.69) is 159 Å². The average molecular weight is 887 g/mol. The summed E-state index contributed by atoms with van der Waals surface area (Å²) in [6.07, 6.45) is 26.4. The van der Waals surface area contributed by atoms with E-state index in [0.29, 0.717) is 12.1 Å². The van der Waals surface area contributed by atoms with Crippen molar-refractivity contribution in [2.45, 2.75) is 139 Å². The molecule has 3 aliphatic rings. The molecule has 1 aromatic heterocycles. The summed E-state index contributed by atoms with van der Waals surface area (Å²) in [6.45, 7) is 4.58. The van der Waals surface area contributed by atoms with Crippen LogP contribution in [0.5, 0.6) is 0 Å². The van der Waals surface area contributed by atoms with Crippen LogP contribution in [0.2, 0.25) is 0 Å². The summed E-state index contributed by atoms with van der Waals surface area (Å²) in [6, 6.07) is 32.8. The number of benzene rings is 3. The van der Waals surface area contributed by atoms with Crippen molar-refractivity contribution in [2.75, 3.05) is 0 Å². The van der Waals surface area contributed by atoms with Crippen molar-refractivity contribution in [1.29, 1.82) is 0 Å². The Morgan fingerprint density at radius 1 is 0.500 bits per heavy atom. The molecule has 52 heavy (non-hydrogen) atoms. The molecule has 0 bridgehead atoms. The summed E-state index contributed by atoms with van der Waals surface area (Å²) in [4.78, 5) is 0. The fraction of sp³-hybridized carbons (Fsp3) is 0.500. The smallest absolute Gasteiger partial charge is 0.0264 e. The fourth-order valence-electron chi connectivity index (χ4n) is 6.88. The number of rotatable bonds is 5. The van der Waals surface area contributed by atoms with E-state index in [0.717, 1.165) is 17.0 Å². The van der Waals surface area contributed by atoms with Gasteiger partial charge in [0.15, 0.2) is 0 Å². The molecule has 5 unspecified atom stereocenters. The van der Waals surface area contributed by atoms with Crippen LogP contribution in [0.4, 0.5) is 0 Å². The largest absolute Gasteiger partial charge is 1.00 e. The van der Waals surface area contributed by atoms with Gasteiger partial charge in [0.25, 0.3) is 0 Å². The molecule has 7 rings (SSSR count). The van der Waals surface area contributed by atoms with Gasteiger partial charge in [0.2, 0.25) is 0 Å². The second kappa shape index (κ2) is 27.8. The topological polar surface area (TPSA) is 9.86 Å². The second-order valence-electron chi connectivity index (χ2n) is 14.4. The number of halogens is 2. The van der Waals surface area contributed by atoms with Crippen molar-refractivity contribution in [3.63, 3.8) is 0 Å². The molecule has 0 aliphatic heterocycles.